The van der Waals surface area contributed by atoms with E-state index in [4.69, 9.17) is 0 Å². The molecule has 0 amide bonds. The molecule has 2 aliphatic rings. The van der Waals surface area contributed by atoms with Crippen molar-refractivity contribution in [3.05, 3.63) is 0 Å². The highest BCUT2D eigenvalue weighted by molar-refractivity contribution is 5.86. The van der Waals surface area contributed by atoms with E-state index in [1.807, 2.05) is 0 Å². The van der Waals surface area contributed by atoms with Crippen molar-refractivity contribution in [1.82, 2.24) is 0 Å². The van der Waals surface area contributed by atoms with E-state index in [1.54, 1.807) is 0 Å². The average molecular weight is 180 g/mol. The van der Waals surface area contributed by atoms with Gasteiger partial charge in [0.15, 0.2) is 0 Å². The summed E-state index contributed by atoms with van der Waals surface area (Å²) in [5, 5.41) is 0. The van der Waals surface area contributed by atoms with Crippen molar-refractivity contribution in [3.63, 3.8) is 0 Å². The summed E-state index contributed by atoms with van der Waals surface area (Å²) in [5.74, 6) is 0.543. The zero-order chi connectivity index (χ0) is 9.53. The molecule has 2 rings (SSSR count). The molecule has 0 spiro atoms. The highest BCUT2D eigenvalue weighted by atomic mass is 16.1. The molecule has 0 aromatic rings. The van der Waals surface area contributed by atoms with Gasteiger partial charge in [-0.3, -0.25) is 4.79 Å². The van der Waals surface area contributed by atoms with Crippen molar-refractivity contribution in [2.24, 2.45) is 10.8 Å². The maximum Gasteiger partial charge on any atom is 0.139 e. The standard InChI is InChI=1S/C12H20O/c1-11-7-3-4-9-12(11,2)10(13)6-5-8-11/h3-9H2,1-2H3/t11-,12-/m1/s1. The Morgan fingerprint density at radius 3 is 2.31 bits per heavy atom. The van der Waals surface area contributed by atoms with Crippen LogP contribution in [-0.2, 0) is 4.79 Å². The van der Waals surface area contributed by atoms with E-state index < -0.39 is 0 Å². The molecule has 0 bridgehead atoms. The third kappa shape index (κ3) is 1.16. The number of carbonyl (C=O) groups is 1. The fourth-order valence-corrected chi connectivity index (χ4v) is 3.36. The van der Waals surface area contributed by atoms with Gasteiger partial charge in [-0.25, -0.2) is 0 Å². The summed E-state index contributed by atoms with van der Waals surface area (Å²) in [7, 11) is 0. The average Bonchev–Trinajstić information content (AvgIpc) is 2.09. The molecule has 2 saturated carbocycles. The van der Waals surface area contributed by atoms with Gasteiger partial charge < -0.3 is 0 Å². The molecule has 2 fully saturated rings. The third-order valence-corrected chi connectivity index (χ3v) is 4.74. The van der Waals surface area contributed by atoms with Crippen LogP contribution in [-0.4, -0.2) is 5.78 Å². The van der Waals surface area contributed by atoms with Crippen LogP contribution in [0.1, 0.15) is 58.8 Å². The molecule has 0 saturated heterocycles. The van der Waals surface area contributed by atoms with Crippen molar-refractivity contribution in [2.45, 2.75) is 58.8 Å². The van der Waals surface area contributed by atoms with Crippen molar-refractivity contribution < 1.29 is 4.79 Å². The first-order valence-electron chi connectivity index (χ1n) is 5.62. The van der Waals surface area contributed by atoms with Gasteiger partial charge in [-0.05, 0) is 31.1 Å². The van der Waals surface area contributed by atoms with Crippen LogP contribution in [0.2, 0.25) is 0 Å². The minimum Gasteiger partial charge on any atom is -0.299 e. The Kier molecular flexibility index (Phi) is 2.01. The molecule has 0 aliphatic heterocycles. The normalized spacial score (nSPS) is 45.8. The second kappa shape index (κ2) is 2.83. The largest absolute Gasteiger partial charge is 0.299 e. The molecule has 0 radical (unpaired) electrons. The molecule has 74 valence electrons. The molecule has 13 heavy (non-hydrogen) atoms. The van der Waals surface area contributed by atoms with Crippen molar-refractivity contribution in [3.8, 4) is 0 Å². The molecule has 0 N–H and O–H groups in total. The summed E-state index contributed by atoms with van der Waals surface area (Å²) in [6.45, 7) is 4.55. The molecule has 0 aromatic carbocycles. The van der Waals surface area contributed by atoms with Crippen molar-refractivity contribution >= 4 is 5.78 Å². The number of rotatable bonds is 0. The molecule has 1 heteroatoms. The zero-order valence-corrected chi connectivity index (χ0v) is 8.86. The highest BCUT2D eigenvalue weighted by Crippen LogP contribution is 2.56. The Balaban J connectivity index is 2.32. The van der Waals surface area contributed by atoms with Gasteiger partial charge in [0.05, 0.1) is 0 Å². The van der Waals surface area contributed by atoms with Gasteiger partial charge in [-0.1, -0.05) is 26.7 Å². The predicted octanol–water partition coefficient (Wildman–Crippen LogP) is 3.33. The van der Waals surface area contributed by atoms with E-state index in [9.17, 15) is 4.79 Å². The molecule has 0 heterocycles. The minimum atomic E-state index is 0.0313. The number of hydrogen-bond donors (Lipinski definition) is 0. The van der Waals surface area contributed by atoms with Crippen molar-refractivity contribution in [1.29, 1.82) is 0 Å². The Bertz CT molecular complexity index is 229. The van der Waals surface area contributed by atoms with Crippen LogP contribution < -0.4 is 0 Å². The number of carbonyl (C=O) groups excluding carboxylic acids is 1. The summed E-state index contributed by atoms with van der Waals surface area (Å²) in [5.41, 5.74) is 0.365. The Hall–Kier alpha value is -0.330. The Labute approximate surface area is 80.9 Å². The SMILES string of the molecule is C[C@]12CCCC[C@]1(C)C(=O)CCC2. The van der Waals surface area contributed by atoms with Gasteiger partial charge in [0, 0.05) is 11.8 Å². The number of Topliss-reactive ketones (excluding diaryl/α,β-unsaturated/α-hetero) is 1. The number of fused-ring (bicyclic) bond motifs is 1. The van der Waals surface area contributed by atoms with Crippen LogP contribution >= 0.6 is 0 Å². The fourth-order valence-electron chi connectivity index (χ4n) is 3.36. The topological polar surface area (TPSA) is 17.1 Å². The lowest BCUT2D eigenvalue weighted by molar-refractivity contribution is -0.144. The van der Waals surface area contributed by atoms with Gasteiger partial charge in [0.1, 0.15) is 5.78 Å². The van der Waals surface area contributed by atoms with E-state index >= 15 is 0 Å². The maximum absolute atomic E-state index is 12.0. The van der Waals surface area contributed by atoms with E-state index in [0.29, 0.717) is 11.2 Å². The van der Waals surface area contributed by atoms with Crippen LogP contribution in [0.25, 0.3) is 0 Å². The van der Waals surface area contributed by atoms with Crippen molar-refractivity contribution in [2.75, 3.05) is 0 Å². The van der Waals surface area contributed by atoms with E-state index in [0.717, 1.165) is 19.3 Å². The van der Waals surface area contributed by atoms with Gasteiger partial charge in [-0.15, -0.1) is 0 Å². The molecule has 1 nitrogen and oxygen atoms in total. The van der Waals surface area contributed by atoms with Crippen LogP contribution in [0.5, 0.6) is 0 Å². The quantitative estimate of drug-likeness (QED) is 0.559. The molecular formula is C12H20O. The second-order valence-corrected chi connectivity index (χ2v) is 5.38. The summed E-state index contributed by atoms with van der Waals surface area (Å²) in [4.78, 5) is 12.0. The maximum atomic E-state index is 12.0. The van der Waals surface area contributed by atoms with Gasteiger partial charge >= 0.3 is 0 Å². The summed E-state index contributed by atoms with van der Waals surface area (Å²) in [6, 6.07) is 0. The van der Waals surface area contributed by atoms with E-state index in [-0.39, 0.29) is 5.41 Å². The van der Waals surface area contributed by atoms with Crippen LogP contribution in [0, 0.1) is 10.8 Å². The summed E-state index contributed by atoms with van der Waals surface area (Å²) in [6.07, 6.45) is 8.25. The first-order valence-corrected chi connectivity index (χ1v) is 5.62. The van der Waals surface area contributed by atoms with Gasteiger partial charge in [0.2, 0.25) is 0 Å². The van der Waals surface area contributed by atoms with E-state index in [2.05, 4.69) is 13.8 Å². The molecule has 2 aliphatic carbocycles. The minimum absolute atomic E-state index is 0.0313. The second-order valence-electron chi connectivity index (χ2n) is 5.38. The molecule has 0 unspecified atom stereocenters. The summed E-state index contributed by atoms with van der Waals surface area (Å²) >= 11 is 0. The Morgan fingerprint density at radius 1 is 1.00 bits per heavy atom. The zero-order valence-electron chi connectivity index (χ0n) is 8.86. The number of ketones is 1. The smallest absolute Gasteiger partial charge is 0.139 e. The number of hydrogen-bond acceptors (Lipinski definition) is 1. The van der Waals surface area contributed by atoms with Crippen LogP contribution in [0.4, 0.5) is 0 Å². The lowest BCUT2D eigenvalue weighted by Gasteiger charge is -2.52. The lowest BCUT2D eigenvalue weighted by Crippen LogP contribution is -2.48. The molecule has 0 aromatic heterocycles. The fraction of sp³-hybridized carbons (Fsp3) is 0.917. The molecular weight excluding hydrogens is 160 g/mol. The lowest BCUT2D eigenvalue weighted by atomic mass is 9.51. The van der Waals surface area contributed by atoms with Crippen LogP contribution in [0.3, 0.4) is 0 Å². The van der Waals surface area contributed by atoms with Crippen LogP contribution in [0.15, 0.2) is 0 Å². The summed E-state index contributed by atoms with van der Waals surface area (Å²) < 4.78 is 0. The first-order chi connectivity index (χ1) is 6.08. The Morgan fingerprint density at radius 2 is 1.62 bits per heavy atom. The monoisotopic (exact) mass is 180 g/mol. The third-order valence-electron chi connectivity index (χ3n) is 4.74. The van der Waals surface area contributed by atoms with E-state index in [1.165, 1.54) is 25.7 Å². The molecule has 2 atom stereocenters. The van der Waals surface area contributed by atoms with Gasteiger partial charge in [-0.2, -0.15) is 0 Å². The highest BCUT2D eigenvalue weighted by Gasteiger charge is 2.52. The van der Waals surface area contributed by atoms with Gasteiger partial charge in [0.25, 0.3) is 0 Å². The predicted molar refractivity (Wildman–Crippen MR) is 53.5 cm³/mol. The first kappa shape index (κ1) is 9.23.